The van der Waals surface area contributed by atoms with Gasteiger partial charge in [0, 0.05) is 13.1 Å². The molecule has 1 aliphatic rings. The number of hydrogen-bond acceptors (Lipinski definition) is 6. The topological polar surface area (TPSA) is 98.1 Å². The summed E-state index contributed by atoms with van der Waals surface area (Å²) in [4.78, 5) is 12.3. The Kier molecular flexibility index (Phi) is 5.07. The lowest BCUT2D eigenvalue weighted by molar-refractivity contribution is 0.0730. The molecule has 1 fully saturated rings. The number of hydrogen-bond donors (Lipinski definition) is 1. The number of carbonyl (C=O) groups is 1. The predicted molar refractivity (Wildman–Crippen MR) is 89.2 cm³/mol. The molecule has 1 amide bonds. The van der Waals surface area contributed by atoms with Crippen molar-refractivity contribution in [2.45, 2.75) is 4.90 Å². The molecule has 1 saturated heterocycles. The molecule has 1 aromatic carbocycles. The van der Waals surface area contributed by atoms with E-state index in [4.69, 9.17) is 13.9 Å². The second-order valence-electron chi connectivity index (χ2n) is 5.34. The van der Waals surface area contributed by atoms with Crippen molar-refractivity contribution in [2.75, 3.05) is 38.7 Å². The minimum atomic E-state index is -3.67. The Morgan fingerprint density at radius 1 is 1.24 bits per heavy atom. The summed E-state index contributed by atoms with van der Waals surface area (Å²) in [6.45, 7) is 1.31. The van der Waals surface area contributed by atoms with Gasteiger partial charge >= 0.3 is 0 Å². The highest BCUT2D eigenvalue weighted by Gasteiger charge is 2.27. The standard InChI is InChI=1S/C16H18N2O6S/c1-22-15-3-2-13(25(20,21)18-5-8-23-9-6-18)10-14(15)17-16(19)12-4-7-24-11-12/h2-4,7,10-11H,5-6,8-9H2,1H3,(H,17,19). The van der Waals surface area contributed by atoms with Crippen LogP contribution in [0.25, 0.3) is 0 Å². The van der Waals surface area contributed by atoms with Gasteiger partial charge in [-0.25, -0.2) is 8.42 Å². The van der Waals surface area contributed by atoms with Gasteiger partial charge < -0.3 is 19.2 Å². The number of anilines is 1. The van der Waals surface area contributed by atoms with Crippen molar-refractivity contribution in [3.63, 3.8) is 0 Å². The van der Waals surface area contributed by atoms with Crippen LogP contribution in [0.5, 0.6) is 5.75 Å². The predicted octanol–water partition coefficient (Wildman–Crippen LogP) is 1.56. The van der Waals surface area contributed by atoms with E-state index in [2.05, 4.69) is 5.32 Å². The first-order valence-corrected chi connectivity index (χ1v) is 9.06. The maximum Gasteiger partial charge on any atom is 0.259 e. The fourth-order valence-corrected chi connectivity index (χ4v) is 3.90. The second kappa shape index (κ2) is 7.26. The molecular formula is C16H18N2O6S. The molecule has 2 heterocycles. The second-order valence-corrected chi connectivity index (χ2v) is 7.28. The number of amides is 1. The number of rotatable bonds is 5. The average Bonchev–Trinajstić information content (AvgIpc) is 3.17. The van der Waals surface area contributed by atoms with E-state index in [0.717, 1.165) is 0 Å². The molecule has 0 atom stereocenters. The van der Waals surface area contributed by atoms with Crippen LogP contribution in [0.3, 0.4) is 0 Å². The van der Waals surface area contributed by atoms with Crippen LogP contribution in [0.15, 0.2) is 46.1 Å². The van der Waals surface area contributed by atoms with E-state index >= 15 is 0 Å². The van der Waals surface area contributed by atoms with Gasteiger partial charge in [0.25, 0.3) is 5.91 Å². The summed E-state index contributed by atoms with van der Waals surface area (Å²) >= 11 is 0. The number of nitrogens with one attached hydrogen (secondary N) is 1. The maximum atomic E-state index is 12.8. The Morgan fingerprint density at radius 2 is 2.00 bits per heavy atom. The minimum Gasteiger partial charge on any atom is -0.495 e. The van der Waals surface area contributed by atoms with Gasteiger partial charge in [-0.15, -0.1) is 0 Å². The van der Waals surface area contributed by atoms with Gasteiger partial charge in [-0.3, -0.25) is 4.79 Å². The molecule has 2 aromatic rings. The van der Waals surface area contributed by atoms with Crippen LogP contribution < -0.4 is 10.1 Å². The highest BCUT2D eigenvalue weighted by Crippen LogP contribution is 2.29. The fraction of sp³-hybridized carbons (Fsp3) is 0.312. The van der Waals surface area contributed by atoms with Crippen LogP contribution >= 0.6 is 0 Å². The summed E-state index contributed by atoms with van der Waals surface area (Å²) in [6, 6.07) is 5.87. The van der Waals surface area contributed by atoms with Crippen LogP contribution in [0.4, 0.5) is 5.69 Å². The summed E-state index contributed by atoms with van der Waals surface area (Å²) < 4.78 is 42.2. The number of furan rings is 1. The third-order valence-corrected chi connectivity index (χ3v) is 5.70. The third kappa shape index (κ3) is 3.68. The summed E-state index contributed by atoms with van der Waals surface area (Å²) in [5, 5.41) is 2.65. The number of morpholine rings is 1. The molecular weight excluding hydrogens is 348 g/mol. The Balaban J connectivity index is 1.90. The van der Waals surface area contributed by atoms with E-state index in [1.807, 2.05) is 0 Å². The van der Waals surface area contributed by atoms with E-state index < -0.39 is 15.9 Å². The molecule has 1 aromatic heterocycles. The lowest BCUT2D eigenvalue weighted by Gasteiger charge is -2.26. The van der Waals surface area contributed by atoms with Gasteiger partial charge in [0.2, 0.25) is 10.0 Å². The summed E-state index contributed by atoms with van der Waals surface area (Å²) in [5.74, 6) is -0.0641. The molecule has 3 rings (SSSR count). The number of sulfonamides is 1. The van der Waals surface area contributed by atoms with Crippen molar-refractivity contribution in [2.24, 2.45) is 0 Å². The Bertz CT molecular complexity index is 842. The zero-order valence-corrected chi connectivity index (χ0v) is 14.4. The van der Waals surface area contributed by atoms with Crippen molar-refractivity contribution in [3.8, 4) is 5.75 Å². The molecule has 25 heavy (non-hydrogen) atoms. The highest BCUT2D eigenvalue weighted by atomic mass is 32.2. The minimum absolute atomic E-state index is 0.0812. The molecule has 1 N–H and O–H groups in total. The van der Waals surface area contributed by atoms with E-state index in [9.17, 15) is 13.2 Å². The number of ether oxygens (including phenoxy) is 2. The van der Waals surface area contributed by atoms with Crippen molar-refractivity contribution < 1.29 is 27.1 Å². The van der Waals surface area contributed by atoms with Crippen molar-refractivity contribution in [1.82, 2.24) is 4.31 Å². The summed E-state index contributed by atoms with van der Waals surface area (Å²) in [5.41, 5.74) is 0.589. The molecule has 1 aliphatic heterocycles. The SMILES string of the molecule is COc1ccc(S(=O)(=O)N2CCOCC2)cc1NC(=O)c1ccoc1. The fourth-order valence-electron chi connectivity index (χ4n) is 2.47. The van der Waals surface area contributed by atoms with Crippen LogP contribution in [-0.2, 0) is 14.8 Å². The largest absolute Gasteiger partial charge is 0.495 e. The first-order chi connectivity index (χ1) is 12.0. The summed E-state index contributed by atoms with van der Waals surface area (Å²) in [6.07, 6.45) is 2.68. The molecule has 0 aliphatic carbocycles. The van der Waals surface area contributed by atoms with E-state index in [1.165, 1.54) is 48.2 Å². The van der Waals surface area contributed by atoms with E-state index in [-0.39, 0.29) is 10.6 Å². The molecule has 0 radical (unpaired) electrons. The van der Waals surface area contributed by atoms with Crippen LogP contribution in [0.2, 0.25) is 0 Å². The number of methoxy groups -OCH3 is 1. The molecule has 0 saturated carbocycles. The smallest absolute Gasteiger partial charge is 0.259 e. The third-order valence-electron chi connectivity index (χ3n) is 3.81. The Labute approximate surface area is 145 Å². The van der Waals surface area contributed by atoms with Crippen molar-refractivity contribution >= 4 is 21.6 Å². The van der Waals surface area contributed by atoms with Crippen LogP contribution in [-0.4, -0.2) is 52.0 Å². The number of carbonyl (C=O) groups excluding carboxylic acids is 1. The van der Waals surface area contributed by atoms with Crippen molar-refractivity contribution in [1.29, 1.82) is 0 Å². The lowest BCUT2D eigenvalue weighted by atomic mass is 10.2. The van der Waals surface area contributed by atoms with E-state index in [1.54, 1.807) is 0 Å². The zero-order chi connectivity index (χ0) is 17.9. The Hall–Kier alpha value is -2.36. The van der Waals surface area contributed by atoms with Gasteiger partial charge in [0.05, 0.1) is 42.7 Å². The quantitative estimate of drug-likeness (QED) is 0.862. The molecule has 0 spiro atoms. The monoisotopic (exact) mass is 366 g/mol. The molecule has 9 heteroatoms. The van der Waals surface area contributed by atoms with Gasteiger partial charge in [-0.1, -0.05) is 0 Å². The highest BCUT2D eigenvalue weighted by molar-refractivity contribution is 7.89. The number of benzene rings is 1. The average molecular weight is 366 g/mol. The van der Waals surface area contributed by atoms with Gasteiger partial charge in [-0.2, -0.15) is 4.31 Å². The van der Waals surface area contributed by atoms with Crippen molar-refractivity contribution in [3.05, 3.63) is 42.4 Å². The summed E-state index contributed by atoms with van der Waals surface area (Å²) in [7, 11) is -2.23. The molecule has 0 unspecified atom stereocenters. The first kappa shape index (κ1) is 17.5. The van der Waals surface area contributed by atoms with Crippen LogP contribution in [0, 0.1) is 0 Å². The molecule has 134 valence electrons. The maximum absolute atomic E-state index is 12.8. The normalized spacial score (nSPS) is 15.7. The zero-order valence-electron chi connectivity index (χ0n) is 13.6. The van der Waals surface area contributed by atoms with E-state index in [0.29, 0.717) is 37.6 Å². The Morgan fingerprint density at radius 3 is 2.64 bits per heavy atom. The van der Waals surface area contributed by atoms with Gasteiger partial charge in [-0.05, 0) is 24.3 Å². The van der Waals surface area contributed by atoms with Gasteiger partial charge in [0.15, 0.2) is 0 Å². The van der Waals surface area contributed by atoms with Gasteiger partial charge in [0.1, 0.15) is 12.0 Å². The van der Waals surface area contributed by atoms with Crippen LogP contribution in [0.1, 0.15) is 10.4 Å². The molecule has 8 nitrogen and oxygen atoms in total. The number of nitrogens with zero attached hydrogens (tertiary/aromatic N) is 1. The molecule has 0 bridgehead atoms. The lowest BCUT2D eigenvalue weighted by Crippen LogP contribution is -2.40. The first-order valence-electron chi connectivity index (χ1n) is 7.62.